The highest BCUT2D eigenvalue weighted by Crippen LogP contribution is 2.07. The molecule has 3 rings (SSSR count). The number of rotatable bonds is 7. The van der Waals surface area contributed by atoms with E-state index in [9.17, 15) is 14.4 Å². The van der Waals surface area contributed by atoms with E-state index in [0.29, 0.717) is 17.8 Å². The van der Waals surface area contributed by atoms with Crippen molar-refractivity contribution in [2.75, 3.05) is 0 Å². The van der Waals surface area contributed by atoms with Crippen LogP contribution in [-0.4, -0.2) is 32.6 Å². The molecule has 2 amide bonds. The number of aromatic nitrogens is 3. The van der Waals surface area contributed by atoms with Crippen LogP contribution >= 0.6 is 0 Å². The van der Waals surface area contributed by atoms with Gasteiger partial charge in [0, 0.05) is 31.8 Å². The topological polar surface area (TPSA) is 122 Å². The zero-order valence-electron chi connectivity index (χ0n) is 15.6. The third-order valence-corrected chi connectivity index (χ3v) is 4.32. The van der Waals surface area contributed by atoms with E-state index in [4.69, 9.17) is 4.42 Å². The van der Waals surface area contributed by atoms with Crippen LogP contribution in [0.25, 0.3) is 0 Å². The molecule has 1 atom stereocenters. The number of aryl methyl sites for hydroxylation is 2. The number of carbonyl (C=O) groups excluding carboxylic acids is 2. The molecule has 3 N–H and O–H groups in total. The summed E-state index contributed by atoms with van der Waals surface area (Å²) in [5.41, 5.74) is 1.46. The first-order valence-corrected chi connectivity index (χ1v) is 8.71. The van der Waals surface area contributed by atoms with Crippen LogP contribution in [0.4, 0.5) is 0 Å². The SMILES string of the molecule is Cc1ncoc1C(=O)NC(Cc1c[nH]n(C)c1=O)C(=O)NCc1ccccc1. The third kappa shape index (κ3) is 4.37. The molecule has 0 fully saturated rings. The van der Waals surface area contributed by atoms with Gasteiger partial charge in [-0.1, -0.05) is 30.3 Å². The second kappa shape index (κ2) is 8.38. The first-order chi connectivity index (χ1) is 13.5. The normalized spacial score (nSPS) is 11.8. The van der Waals surface area contributed by atoms with Crippen LogP contribution in [-0.2, 0) is 24.8 Å². The van der Waals surface area contributed by atoms with Gasteiger partial charge >= 0.3 is 0 Å². The zero-order valence-corrected chi connectivity index (χ0v) is 15.6. The van der Waals surface area contributed by atoms with Gasteiger partial charge in [-0.05, 0) is 12.5 Å². The van der Waals surface area contributed by atoms with Crippen molar-refractivity contribution in [3.63, 3.8) is 0 Å². The van der Waals surface area contributed by atoms with Crippen LogP contribution in [0.3, 0.4) is 0 Å². The van der Waals surface area contributed by atoms with Crippen molar-refractivity contribution in [2.24, 2.45) is 7.05 Å². The van der Waals surface area contributed by atoms with Crippen LogP contribution in [0.5, 0.6) is 0 Å². The van der Waals surface area contributed by atoms with Gasteiger partial charge in [-0.25, -0.2) is 4.98 Å². The van der Waals surface area contributed by atoms with Gasteiger partial charge in [-0.2, -0.15) is 0 Å². The number of nitrogens with zero attached hydrogens (tertiary/aromatic N) is 2. The number of H-pyrrole nitrogens is 1. The van der Waals surface area contributed by atoms with Gasteiger partial charge in [0.25, 0.3) is 11.5 Å². The van der Waals surface area contributed by atoms with Crippen molar-refractivity contribution in [3.05, 3.63) is 75.9 Å². The molecule has 0 bridgehead atoms. The average Bonchev–Trinajstić information content (AvgIpc) is 3.26. The van der Waals surface area contributed by atoms with E-state index >= 15 is 0 Å². The summed E-state index contributed by atoms with van der Waals surface area (Å²) in [6.45, 7) is 1.93. The first-order valence-electron chi connectivity index (χ1n) is 8.71. The van der Waals surface area contributed by atoms with Crippen molar-refractivity contribution < 1.29 is 14.0 Å². The van der Waals surface area contributed by atoms with Crippen LogP contribution in [0.1, 0.15) is 27.4 Å². The molecule has 0 saturated heterocycles. The van der Waals surface area contributed by atoms with Crippen molar-refractivity contribution in [1.29, 1.82) is 0 Å². The lowest BCUT2D eigenvalue weighted by Gasteiger charge is -2.17. The molecule has 3 aromatic rings. The maximum atomic E-state index is 12.7. The molecule has 0 radical (unpaired) electrons. The van der Waals surface area contributed by atoms with Gasteiger partial charge < -0.3 is 20.1 Å². The van der Waals surface area contributed by atoms with E-state index in [1.807, 2.05) is 30.3 Å². The van der Waals surface area contributed by atoms with Crippen LogP contribution in [0.15, 0.2) is 52.1 Å². The van der Waals surface area contributed by atoms with Gasteiger partial charge in [0.1, 0.15) is 6.04 Å². The smallest absolute Gasteiger partial charge is 0.289 e. The highest BCUT2D eigenvalue weighted by Gasteiger charge is 2.25. The molecule has 0 aliphatic heterocycles. The van der Waals surface area contributed by atoms with E-state index in [1.54, 1.807) is 14.0 Å². The molecule has 0 aliphatic carbocycles. The monoisotopic (exact) mass is 383 g/mol. The Balaban J connectivity index is 1.76. The molecular weight excluding hydrogens is 362 g/mol. The molecule has 9 heteroatoms. The van der Waals surface area contributed by atoms with E-state index in [-0.39, 0.29) is 17.7 Å². The number of oxazole rings is 1. The minimum absolute atomic E-state index is 0.0304. The summed E-state index contributed by atoms with van der Waals surface area (Å²) in [6.07, 6.45) is 2.72. The summed E-state index contributed by atoms with van der Waals surface area (Å²) in [4.78, 5) is 41.2. The van der Waals surface area contributed by atoms with Crippen LogP contribution in [0, 0.1) is 6.92 Å². The minimum atomic E-state index is -0.954. The molecular formula is C19H21N5O4. The van der Waals surface area contributed by atoms with E-state index < -0.39 is 17.9 Å². The second-order valence-electron chi connectivity index (χ2n) is 6.36. The predicted molar refractivity (Wildman–Crippen MR) is 101 cm³/mol. The Morgan fingerprint density at radius 1 is 1.29 bits per heavy atom. The highest BCUT2D eigenvalue weighted by atomic mass is 16.3. The van der Waals surface area contributed by atoms with Crippen molar-refractivity contribution in [1.82, 2.24) is 25.4 Å². The summed E-state index contributed by atoms with van der Waals surface area (Å²) in [6, 6.07) is 8.44. The lowest BCUT2D eigenvalue weighted by Crippen LogP contribution is -2.48. The summed E-state index contributed by atoms with van der Waals surface area (Å²) in [5.74, 6) is -0.942. The third-order valence-electron chi connectivity index (χ3n) is 4.32. The lowest BCUT2D eigenvalue weighted by atomic mass is 10.1. The van der Waals surface area contributed by atoms with Crippen molar-refractivity contribution in [2.45, 2.75) is 25.9 Å². The largest absolute Gasteiger partial charge is 0.438 e. The maximum Gasteiger partial charge on any atom is 0.289 e. The Morgan fingerprint density at radius 3 is 2.64 bits per heavy atom. The number of carbonyl (C=O) groups is 2. The molecule has 1 unspecified atom stereocenters. The maximum absolute atomic E-state index is 12.7. The van der Waals surface area contributed by atoms with E-state index in [1.165, 1.54) is 10.9 Å². The van der Waals surface area contributed by atoms with Crippen LogP contribution in [0.2, 0.25) is 0 Å². The van der Waals surface area contributed by atoms with Gasteiger partial charge in [-0.15, -0.1) is 0 Å². The first kappa shape index (κ1) is 19.2. The summed E-state index contributed by atoms with van der Waals surface area (Å²) in [5, 5.41) is 8.19. The Labute approximate surface area is 160 Å². The molecule has 146 valence electrons. The number of hydrogen-bond acceptors (Lipinski definition) is 5. The summed E-state index contributed by atoms with van der Waals surface area (Å²) >= 11 is 0. The molecule has 9 nitrogen and oxygen atoms in total. The molecule has 2 aromatic heterocycles. The van der Waals surface area contributed by atoms with Crippen molar-refractivity contribution in [3.8, 4) is 0 Å². The van der Waals surface area contributed by atoms with Crippen LogP contribution < -0.4 is 16.2 Å². The second-order valence-corrected chi connectivity index (χ2v) is 6.36. The fraction of sp³-hybridized carbons (Fsp3) is 0.263. The number of aromatic amines is 1. The minimum Gasteiger partial charge on any atom is -0.438 e. The fourth-order valence-electron chi connectivity index (χ4n) is 2.74. The predicted octanol–water partition coefficient (Wildman–Crippen LogP) is 0.667. The van der Waals surface area contributed by atoms with Gasteiger partial charge in [0.15, 0.2) is 6.39 Å². The number of nitrogens with one attached hydrogen (secondary N) is 3. The number of amides is 2. The lowest BCUT2D eigenvalue weighted by molar-refractivity contribution is -0.123. The zero-order chi connectivity index (χ0) is 20.1. The Hall–Kier alpha value is -3.62. The number of hydrogen-bond donors (Lipinski definition) is 3. The van der Waals surface area contributed by atoms with E-state index in [0.717, 1.165) is 12.0 Å². The Bertz CT molecular complexity index is 1020. The fourth-order valence-corrected chi connectivity index (χ4v) is 2.74. The highest BCUT2D eigenvalue weighted by molar-refractivity contribution is 5.96. The molecule has 28 heavy (non-hydrogen) atoms. The number of benzene rings is 1. The Morgan fingerprint density at radius 2 is 2.04 bits per heavy atom. The summed E-state index contributed by atoms with van der Waals surface area (Å²) < 4.78 is 6.39. The van der Waals surface area contributed by atoms with Gasteiger partial charge in [0.2, 0.25) is 11.7 Å². The average molecular weight is 383 g/mol. The van der Waals surface area contributed by atoms with Gasteiger partial charge in [0.05, 0.1) is 5.69 Å². The van der Waals surface area contributed by atoms with Gasteiger partial charge in [-0.3, -0.25) is 19.1 Å². The molecule has 0 aliphatic rings. The Kier molecular flexibility index (Phi) is 5.73. The quantitative estimate of drug-likeness (QED) is 0.553. The summed E-state index contributed by atoms with van der Waals surface area (Å²) in [7, 11) is 1.58. The molecule has 2 heterocycles. The van der Waals surface area contributed by atoms with Crippen molar-refractivity contribution >= 4 is 11.8 Å². The van der Waals surface area contributed by atoms with E-state index in [2.05, 4.69) is 20.7 Å². The standard InChI is InChI=1S/C19H21N5O4/c1-12-16(28-11-21-12)18(26)23-15(8-14-10-22-24(2)19(14)27)17(25)20-9-13-6-4-3-5-7-13/h3-7,10-11,15,22H,8-9H2,1-2H3,(H,20,25)(H,23,26). The molecule has 0 saturated carbocycles. The molecule has 0 spiro atoms. The molecule has 1 aromatic carbocycles.